The highest BCUT2D eigenvalue weighted by Crippen LogP contribution is 2.43. The fourth-order valence-electron chi connectivity index (χ4n) is 3.25. The summed E-state index contributed by atoms with van der Waals surface area (Å²) in [7, 11) is 2.03. The molecule has 2 rings (SSSR count). The van der Waals surface area contributed by atoms with E-state index in [0.29, 0.717) is 39.0 Å². The first kappa shape index (κ1) is 16.2. The zero-order chi connectivity index (χ0) is 15.3. The van der Waals surface area contributed by atoms with Crippen molar-refractivity contribution in [2.75, 3.05) is 33.4 Å². The molecule has 0 aromatic rings. The van der Waals surface area contributed by atoms with Crippen LogP contribution in [0.2, 0.25) is 0 Å². The Labute approximate surface area is 126 Å². The molecule has 1 spiro atoms. The predicted octanol–water partition coefficient (Wildman–Crippen LogP) is 0.412. The summed E-state index contributed by atoms with van der Waals surface area (Å²) in [5.74, 6) is -0.0697. The second-order valence-electron chi connectivity index (χ2n) is 6.30. The number of rotatable bonds is 6. The lowest BCUT2D eigenvalue weighted by molar-refractivity contribution is -0.180. The van der Waals surface area contributed by atoms with Gasteiger partial charge in [-0.3, -0.25) is 9.69 Å². The topological polar surface area (TPSA) is 85.6 Å². The fraction of sp³-hybridized carbons (Fsp3) is 0.867. The molecular formula is C15H25N3O3. The minimum atomic E-state index is -0.538. The van der Waals surface area contributed by atoms with Crippen LogP contribution in [0.15, 0.2) is 0 Å². The number of morpholine rings is 1. The molecule has 1 atom stereocenters. The number of unbranched alkanes of at least 4 members (excludes halogenated alkanes) is 1. The van der Waals surface area contributed by atoms with Crippen molar-refractivity contribution in [3.8, 4) is 6.07 Å². The second-order valence-corrected chi connectivity index (χ2v) is 6.30. The fourth-order valence-corrected chi connectivity index (χ4v) is 3.25. The molecule has 1 saturated carbocycles. The van der Waals surface area contributed by atoms with E-state index in [0.717, 1.165) is 12.8 Å². The summed E-state index contributed by atoms with van der Waals surface area (Å²) in [6.45, 7) is 1.48. The van der Waals surface area contributed by atoms with Crippen LogP contribution in [-0.2, 0) is 9.53 Å². The molecule has 0 bridgehead atoms. The van der Waals surface area contributed by atoms with Crippen LogP contribution in [0.5, 0.6) is 0 Å². The Morgan fingerprint density at radius 1 is 1.48 bits per heavy atom. The maximum absolute atomic E-state index is 11.8. The number of likely N-dealkylation sites (N-methyl/N-ethyl adjacent to an activating group) is 1. The molecular weight excluding hydrogens is 270 g/mol. The highest BCUT2D eigenvalue weighted by molar-refractivity contribution is 5.75. The van der Waals surface area contributed by atoms with E-state index in [-0.39, 0.29) is 18.1 Å². The number of ether oxygens (including phenoxy) is 1. The Kier molecular flexibility index (Phi) is 5.20. The highest BCUT2D eigenvalue weighted by atomic mass is 16.5. The molecule has 2 fully saturated rings. The highest BCUT2D eigenvalue weighted by Gasteiger charge is 2.53. The van der Waals surface area contributed by atoms with Gasteiger partial charge in [-0.1, -0.05) is 0 Å². The Morgan fingerprint density at radius 3 is 2.81 bits per heavy atom. The van der Waals surface area contributed by atoms with E-state index >= 15 is 0 Å². The molecule has 6 nitrogen and oxygen atoms in total. The van der Waals surface area contributed by atoms with E-state index in [9.17, 15) is 9.90 Å². The summed E-state index contributed by atoms with van der Waals surface area (Å²) < 4.78 is 5.74. The summed E-state index contributed by atoms with van der Waals surface area (Å²) in [6.07, 6.45) is 4.68. The summed E-state index contributed by atoms with van der Waals surface area (Å²) in [5.41, 5.74) is -0.504. The SMILES string of the molecule is CN1C2(CCC2)COCC1(CO)CNC(=O)CCCC#N. The van der Waals surface area contributed by atoms with Crippen molar-refractivity contribution in [2.45, 2.75) is 49.6 Å². The summed E-state index contributed by atoms with van der Waals surface area (Å²) in [5, 5.41) is 21.2. The summed E-state index contributed by atoms with van der Waals surface area (Å²) in [6, 6.07) is 2.03. The van der Waals surface area contributed by atoms with Crippen LogP contribution in [-0.4, -0.2) is 60.4 Å². The summed E-state index contributed by atoms with van der Waals surface area (Å²) in [4.78, 5) is 14.0. The zero-order valence-electron chi connectivity index (χ0n) is 12.7. The van der Waals surface area contributed by atoms with Crippen molar-refractivity contribution in [3.05, 3.63) is 0 Å². The average Bonchev–Trinajstić information content (AvgIpc) is 2.45. The quantitative estimate of drug-likeness (QED) is 0.693. The standard InChI is InChI=1S/C15H25N3O3/c1-18-14(6-4-7-14)11-21-12-15(18,10-19)9-17-13(20)5-2-3-8-16/h19H,2-7,9-12H2,1H3,(H,17,20). The number of aliphatic hydroxyl groups is 1. The molecule has 1 unspecified atom stereocenters. The first-order valence-electron chi connectivity index (χ1n) is 7.65. The van der Waals surface area contributed by atoms with Gasteiger partial charge in [0.25, 0.3) is 0 Å². The van der Waals surface area contributed by atoms with Crippen molar-refractivity contribution in [1.82, 2.24) is 10.2 Å². The van der Waals surface area contributed by atoms with Crippen molar-refractivity contribution in [3.63, 3.8) is 0 Å². The van der Waals surface area contributed by atoms with E-state index < -0.39 is 5.54 Å². The van der Waals surface area contributed by atoms with Gasteiger partial charge in [-0.05, 0) is 32.7 Å². The van der Waals surface area contributed by atoms with Crippen LogP contribution < -0.4 is 5.32 Å². The third-order valence-corrected chi connectivity index (χ3v) is 5.05. The lowest BCUT2D eigenvalue weighted by Gasteiger charge is -2.59. The Balaban J connectivity index is 1.91. The maximum Gasteiger partial charge on any atom is 0.220 e. The Bertz CT molecular complexity index is 417. The van der Waals surface area contributed by atoms with Crippen LogP contribution in [0.25, 0.3) is 0 Å². The van der Waals surface area contributed by atoms with Crippen molar-refractivity contribution in [2.24, 2.45) is 0 Å². The van der Waals surface area contributed by atoms with Gasteiger partial charge in [0.1, 0.15) is 0 Å². The Hall–Kier alpha value is -1.16. The second kappa shape index (κ2) is 6.73. The third-order valence-electron chi connectivity index (χ3n) is 5.05. The molecule has 21 heavy (non-hydrogen) atoms. The van der Waals surface area contributed by atoms with Crippen LogP contribution in [0.4, 0.5) is 0 Å². The normalized spacial score (nSPS) is 27.9. The molecule has 1 aliphatic carbocycles. The molecule has 6 heteroatoms. The predicted molar refractivity (Wildman–Crippen MR) is 77.5 cm³/mol. The molecule has 0 radical (unpaired) electrons. The first-order valence-corrected chi connectivity index (χ1v) is 7.65. The molecule has 1 aliphatic heterocycles. The van der Waals surface area contributed by atoms with Gasteiger partial charge in [0, 0.05) is 24.9 Å². The average molecular weight is 295 g/mol. The molecule has 1 amide bonds. The molecule has 1 saturated heterocycles. The smallest absolute Gasteiger partial charge is 0.220 e. The minimum Gasteiger partial charge on any atom is -0.394 e. The molecule has 2 N–H and O–H groups in total. The Morgan fingerprint density at radius 2 is 2.24 bits per heavy atom. The third kappa shape index (κ3) is 3.20. The number of hydrogen-bond donors (Lipinski definition) is 2. The van der Waals surface area contributed by atoms with Crippen molar-refractivity contribution in [1.29, 1.82) is 5.26 Å². The number of aliphatic hydroxyl groups excluding tert-OH is 1. The van der Waals surface area contributed by atoms with Gasteiger partial charge in [0.05, 0.1) is 31.4 Å². The number of hydrogen-bond acceptors (Lipinski definition) is 5. The van der Waals surface area contributed by atoms with E-state index in [1.165, 1.54) is 6.42 Å². The van der Waals surface area contributed by atoms with Gasteiger partial charge in [-0.2, -0.15) is 5.26 Å². The number of nitriles is 1. The van der Waals surface area contributed by atoms with Crippen LogP contribution >= 0.6 is 0 Å². The van der Waals surface area contributed by atoms with Gasteiger partial charge < -0.3 is 15.2 Å². The number of nitrogens with zero attached hydrogens (tertiary/aromatic N) is 2. The summed E-state index contributed by atoms with van der Waals surface area (Å²) >= 11 is 0. The van der Waals surface area contributed by atoms with Crippen LogP contribution in [0, 0.1) is 11.3 Å². The van der Waals surface area contributed by atoms with Gasteiger partial charge >= 0.3 is 0 Å². The lowest BCUT2D eigenvalue weighted by Crippen LogP contribution is -2.73. The van der Waals surface area contributed by atoms with Gasteiger partial charge in [0.2, 0.25) is 5.91 Å². The number of carbonyl (C=O) groups is 1. The zero-order valence-corrected chi connectivity index (χ0v) is 12.7. The van der Waals surface area contributed by atoms with Crippen LogP contribution in [0.3, 0.4) is 0 Å². The van der Waals surface area contributed by atoms with Crippen LogP contribution in [0.1, 0.15) is 38.5 Å². The van der Waals surface area contributed by atoms with Gasteiger partial charge in [-0.25, -0.2) is 0 Å². The monoisotopic (exact) mass is 295 g/mol. The van der Waals surface area contributed by atoms with Gasteiger partial charge in [0.15, 0.2) is 0 Å². The molecule has 0 aromatic heterocycles. The van der Waals surface area contributed by atoms with Crippen molar-refractivity contribution < 1.29 is 14.6 Å². The van der Waals surface area contributed by atoms with E-state index in [4.69, 9.17) is 10.00 Å². The maximum atomic E-state index is 11.8. The number of nitrogens with one attached hydrogen (secondary N) is 1. The number of amides is 1. The lowest BCUT2D eigenvalue weighted by atomic mass is 9.72. The molecule has 2 aliphatic rings. The van der Waals surface area contributed by atoms with Gasteiger partial charge in [-0.15, -0.1) is 0 Å². The van der Waals surface area contributed by atoms with E-state index in [1.54, 1.807) is 0 Å². The largest absolute Gasteiger partial charge is 0.394 e. The number of carbonyl (C=O) groups excluding carboxylic acids is 1. The molecule has 118 valence electrons. The van der Waals surface area contributed by atoms with Crippen molar-refractivity contribution >= 4 is 5.91 Å². The van der Waals surface area contributed by atoms with E-state index in [2.05, 4.69) is 10.2 Å². The molecule has 1 heterocycles. The molecule has 0 aromatic carbocycles. The first-order chi connectivity index (χ1) is 10.1. The minimum absolute atomic E-state index is 0.0342. The van der Waals surface area contributed by atoms with E-state index in [1.807, 2.05) is 13.1 Å².